The Balaban J connectivity index is 2.38. The summed E-state index contributed by atoms with van der Waals surface area (Å²) in [5.74, 6) is -0.454. The molecule has 3 heteroatoms. The number of benzene rings is 1. The van der Waals surface area contributed by atoms with Crippen molar-refractivity contribution in [2.24, 2.45) is 0 Å². The van der Waals surface area contributed by atoms with Gasteiger partial charge in [-0.15, -0.1) is 0 Å². The fourth-order valence-electron chi connectivity index (χ4n) is 1.63. The third kappa shape index (κ3) is 1.22. The number of hydrogen-bond acceptors (Lipinski definition) is 2. The molecule has 2 rings (SSSR count). The smallest absolute Gasteiger partial charge is 0.291 e. The van der Waals surface area contributed by atoms with Crippen LogP contribution in [-0.2, 0) is 16.0 Å². The minimum atomic E-state index is -0.454. The Kier molecular flexibility index (Phi) is 1.85. The molecule has 0 N–H and O–H groups in total. The first-order valence-corrected chi connectivity index (χ1v) is 4.17. The van der Waals surface area contributed by atoms with E-state index in [1.807, 2.05) is 24.3 Å². The second-order valence-electron chi connectivity index (χ2n) is 2.99. The van der Waals surface area contributed by atoms with Crippen LogP contribution in [0.1, 0.15) is 5.56 Å². The molecule has 0 atom stereocenters. The quantitative estimate of drug-likeness (QED) is 0.467. The first-order chi connectivity index (χ1) is 6.33. The lowest BCUT2D eigenvalue weighted by Crippen LogP contribution is -2.29. The number of carbonyl (C=O) groups is 2. The Labute approximate surface area is 76.0 Å². The number of rotatable bonds is 1. The van der Waals surface area contributed by atoms with Crippen molar-refractivity contribution in [2.75, 3.05) is 11.4 Å². The average molecular weight is 175 g/mol. The number of amides is 1. The molecular weight excluding hydrogens is 166 g/mol. The van der Waals surface area contributed by atoms with E-state index in [-0.39, 0.29) is 0 Å². The topological polar surface area (TPSA) is 37.4 Å². The minimum absolute atomic E-state index is 0.363. The van der Waals surface area contributed by atoms with Crippen molar-refractivity contribution >= 4 is 17.9 Å². The Morgan fingerprint density at radius 3 is 2.92 bits per heavy atom. The van der Waals surface area contributed by atoms with Gasteiger partial charge in [0.25, 0.3) is 5.91 Å². The van der Waals surface area contributed by atoms with E-state index in [1.165, 1.54) is 4.90 Å². The average Bonchev–Trinajstić information content (AvgIpc) is 2.60. The number of aldehydes is 1. The molecule has 0 bridgehead atoms. The van der Waals surface area contributed by atoms with E-state index in [1.54, 1.807) is 0 Å². The van der Waals surface area contributed by atoms with Gasteiger partial charge in [-0.3, -0.25) is 9.59 Å². The molecule has 3 nitrogen and oxygen atoms in total. The fraction of sp³-hybridized carbons (Fsp3) is 0.200. The van der Waals surface area contributed by atoms with E-state index >= 15 is 0 Å². The third-order valence-corrected chi connectivity index (χ3v) is 2.25. The van der Waals surface area contributed by atoms with Gasteiger partial charge in [-0.25, -0.2) is 0 Å². The van der Waals surface area contributed by atoms with Gasteiger partial charge in [0.15, 0.2) is 0 Å². The molecule has 1 aromatic rings. The van der Waals surface area contributed by atoms with Crippen LogP contribution >= 0.6 is 0 Å². The molecule has 1 heterocycles. The van der Waals surface area contributed by atoms with Crippen LogP contribution in [0.4, 0.5) is 5.69 Å². The zero-order valence-electron chi connectivity index (χ0n) is 7.06. The van der Waals surface area contributed by atoms with Crippen LogP contribution < -0.4 is 4.90 Å². The van der Waals surface area contributed by atoms with E-state index in [9.17, 15) is 9.59 Å². The summed E-state index contributed by atoms with van der Waals surface area (Å²) in [7, 11) is 0. The second kappa shape index (κ2) is 3.01. The molecule has 0 fully saturated rings. The lowest BCUT2D eigenvalue weighted by atomic mass is 10.2. The minimum Gasteiger partial charge on any atom is -0.305 e. The van der Waals surface area contributed by atoms with Gasteiger partial charge in [0.1, 0.15) is 0 Å². The molecule has 0 aliphatic carbocycles. The Morgan fingerprint density at radius 2 is 2.15 bits per heavy atom. The van der Waals surface area contributed by atoms with Crippen LogP contribution in [0, 0.1) is 0 Å². The number of para-hydroxylation sites is 1. The maximum absolute atomic E-state index is 11.1. The largest absolute Gasteiger partial charge is 0.305 e. The molecule has 13 heavy (non-hydrogen) atoms. The molecular formula is C10H9NO2. The van der Waals surface area contributed by atoms with Crippen LogP contribution in [0.5, 0.6) is 0 Å². The van der Waals surface area contributed by atoms with Gasteiger partial charge in [-0.2, -0.15) is 0 Å². The predicted octanol–water partition coefficient (Wildman–Crippen LogP) is 0.775. The monoisotopic (exact) mass is 175 g/mol. The van der Waals surface area contributed by atoms with Crippen molar-refractivity contribution in [3.05, 3.63) is 29.8 Å². The zero-order chi connectivity index (χ0) is 9.26. The van der Waals surface area contributed by atoms with Crippen LogP contribution in [0.15, 0.2) is 24.3 Å². The Bertz CT molecular complexity index is 360. The van der Waals surface area contributed by atoms with Crippen molar-refractivity contribution in [3.63, 3.8) is 0 Å². The van der Waals surface area contributed by atoms with Gasteiger partial charge in [0.05, 0.1) is 0 Å². The summed E-state index contributed by atoms with van der Waals surface area (Å²) in [6, 6.07) is 7.65. The zero-order valence-corrected chi connectivity index (χ0v) is 7.06. The van der Waals surface area contributed by atoms with Crippen molar-refractivity contribution < 1.29 is 9.59 Å². The summed E-state index contributed by atoms with van der Waals surface area (Å²) < 4.78 is 0. The third-order valence-electron chi connectivity index (χ3n) is 2.25. The van der Waals surface area contributed by atoms with E-state index < -0.39 is 5.91 Å². The molecule has 0 saturated carbocycles. The number of fused-ring (bicyclic) bond motifs is 1. The molecule has 0 unspecified atom stereocenters. The number of hydrogen-bond donors (Lipinski definition) is 0. The number of nitrogens with zero attached hydrogens (tertiary/aromatic N) is 1. The molecule has 66 valence electrons. The highest BCUT2D eigenvalue weighted by atomic mass is 16.2. The summed E-state index contributed by atoms with van der Waals surface area (Å²) in [4.78, 5) is 23.0. The molecule has 0 spiro atoms. The van der Waals surface area contributed by atoms with Crippen LogP contribution in [0.2, 0.25) is 0 Å². The van der Waals surface area contributed by atoms with Gasteiger partial charge < -0.3 is 4.90 Å². The molecule has 0 aromatic heterocycles. The second-order valence-corrected chi connectivity index (χ2v) is 2.99. The van der Waals surface area contributed by atoms with Crippen molar-refractivity contribution in [2.45, 2.75) is 6.42 Å². The standard InChI is InChI=1S/C10H9NO2/c12-7-10(13)11-6-5-8-3-1-2-4-9(8)11/h1-4,7H,5-6H2. The van der Waals surface area contributed by atoms with Gasteiger partial charge in [0.2, 0.25) is 6.29 Å². The fourth-order valence-corrected chi connectivity index (χ4v) is 1.63. The van der Waals surface area contributed by atoms with Crippen LogP contribution in [-0.4, -0.2) is 18.7 Å². The van der Waals surface area contributed by atoms with Gasteiger partial charge in [0, 0.05) is 12.2 Å². The summed E-state index contributed by atoms with van der Waals surface area (Å²) >= 11 is 0. The van der Waals surface area contributed by atoms with E-state index in [0.717, 1.165) is 17.7 Å². The normalized spacial score (nSPS) is 14.0. The summed E-state index contributed by atoms with van der Waals surface area (Å²) in [5, 5.41) is 0. The van der Waals surface area contributed by atoms with E-state index in [0.29, 0.717) is 12.8 Å². The van der Waals surface area contributed by atoms with Gasteiger partial charge in [-0.05, 0) is 18.1 Å². The number of carbonyl (C=O) groups excluding carboxylic acids is 2. The highest BCUT2D eigenvalue weighted by Gasteiger charge is 2.22. The molecule has 0 saturated heterocycles. The molecule has 1 aliphatic heterocycles. The van der Waals surface area contributed by atoms with Crippen molar-refractivity contribution in [1.82, 2.24) is 0 Å². The summed E-state index contributed by atoms with van der Waals surface area (Å²) in [5.41, 5.74) is 2.01. The highest BCUT2D eigenvalue weighted by molar-refractivity contribution is 6.30. The lowest BCUT2D eigenvalue weighted by Gasteiger charge is -2.12. The lowest BCUT2D eigenvalue weighted by molar-refractivity contribution is -0.129. The molecule has 1 amide bonds. The molecule has 0 radical (unpaired) electrons. The first-order valence-electron chi connectivity index (χ1n) is 4.17. The number of anilines is 1. The SMILES string of the molecule is O=CC(=O)N1CCc2ccccc21. The van der Waals surface area contributed by atoms with E-state index in [4.69, 9.17) is 0 Å². The molecule has 1 aromatic carbocycles. The maximum Gasteiger partial charge on any atom is 0.291 e. The Morgan fingerprint density at radius 1 is 1.38 bits per heavy atom. The Hall–Kier alpha value is -1.64. The summed E-state index contributed by atoms with van der Waals surface area (Å²) in [6.45, 7) is 0.622. The highest BCUT2D eigenvalue weighted by Crippen LogP contribution is 2.26. The van der Waals surface area contributed by atoms with Crippen LogP contribution in [0.3, 0.4) is 0 Å². The van der Waals surface area contributed by atoms with Crippen LogP contribution in [0.25, 0.3) is 0 Å². The van der Waals surface area contributed by atoms with Crippen molar-refractivity contribution in [1.29, 1.82) is 0 Å². The van der Waals surface area contributed by atoms with Gasteiger partial charge in [-0.1, -0.05) is 18.2 Å². The predicted molar refractivity (Wildman–Crippen MR) is 48.6 cm³/mol. The van der Waals surface area contributed by atoms with Crippen molar-refractivity contribution in [3.8, 4) is 0 Å². The first kappa shape index (κ1) is 7.98. The van der Waals surface area contributed by atoms with E-state index in [2.05, 4.69) is 0 Å². The summed E-state index contributed by atoms with van der Waals surface area (Å²) in [6.07, 6.45) is 1.21. The molecule has 1 aliphatic rings. The maximum atomic E-state index is 11.1. The van der Waals surface area contributed by atoms with Gasteiger partial charge >= 0.3 is 0 Å².